The van der Waals surface area contributed by atoms with Crippen LogP contribution in [0, 0.1) is 13.8 Å². The summed E-state index contributed by atoms with van der Waals surface area (Å²) in [5.41, 5.74) is 4.85. The topological polar surface area (TPSA) is 17.1 Å². The number of hydrogen-bond donors (Lipinski definition) is 0. The number of benzene rings is 2. The molecule has 0 bridgehead atoms. The highest BCUT2D eigenvalue weighted by molar-refractivity contribution is 5.81. The number of carbonyl (C=O) groups excluding carboxylic acids is 1. The third-order valence-electron chi connectivity index (χ3n) is 3.42. The van der Waals surface area contributed by atoms with Gasteiger partial charge in [0, 0.05) is 12.8 Å². The molecule has 1 nitrogen and oxygen atoms in total. The van der Waals surface area contributed by atoms with Crippen molar-refractivity contribution in [2.75, 3.05) is 0 Å². The van der Waals surface area contributed by atoms with Gasteiger partial charge in [0.25, 0.3) is 0 Å². The Hall–Kier alpha value is -1.89. The van der Waals surface area contributed by atoms with Crippen LogP contribution >= 0.6 is 0 Å². The summed E-state index contributed by atoms with van der Waals surface area (Å²) >= 11 is 0. The Morgan fingerprint density at radius 1 is 1.00 bits per heavy atom. The Bertz CT molecular complexity index is 569. The minimum atomic E-state index is 0.316. The molecule has 0 aliphatic rings. The molecule has 0 aliphatic carbocycles. The van der Waals surface area contributed by atoms with Gasteiger partial charge in [0.2, 0.25) is 0 Å². The van der Waals surface area contributed by atoms with Crippen LogP contribution in [0.2, 0.25) is 0 Å². The third-order valence-corrected chi connectivity index (χ3v) is 3.42. The molecule has 0 aromatic heterocycles. The van der Waals surface area contributed by atoms with Gasteiger partial charge >= 0.3 is 0 Å². The van der Waals surface area contributed by atoms with E-state index in [0.29, 0.717) is 18.6 Å². The van der Waals surface area contributed by atoms with Gasteiger partial charge in [-0.3, -0.25) is 4.79 Å². The molecule has 0 heterocycles. The molecular formula is C18H20O. The molecule has 0 atom stereocenters. The number of Topliss-reactive ketones (excluding diaryl/α,β-unsaturated/α-hetero) is 1. The average molecular weight is 252 g/mol. The SMILES string of the molecule is Cc1cccc(CCC(=O)Cc2ccccc2C)c1. The van der Waals surface area contributed by atoms with E-state index in [1.54, 1.807) is 0 Å². The zero-order valence-electron chi connectivity index (χ0n) is 11.6. The molecule has 0 spiro atoms. The highest BCUT2D eigenvalue weighted by Gasteiger charge is 2.06. The van der Waals surface area contributed by atoms with Gasteiger partial charge in [-0.15, -0.1) is 0 Å². The molecule has 2 aromatic carbocycles. The molecule has 0 N–H and O–H groups in total. The first-order valence-electron chi connectivity index (χ1n) is 6.77. The van der Waals surface area contributed by atoms with Crippen molar-refractivity contribution in [1.82, 2.24) is 0 Å². The smallest absolute Gasteiger partial charge is 0.137 e. The second-order valence-electron chi connectivity index (χ2n) is 5.13. The van der Waals surface area contributed by atoms with E-state index in [0.717, 1.165) is 12.0 Å². The van der Waals surface area contributed by atoms with Crippen LogP contribution in [0.4, 0.5) is 0 Å². The van der Waals surface area contributed by atoms with Crippen molar-refractivity contribution in [1.29, 1.82) is 0 Å². The molecule has 0 fully saturated rings. The Labute approximate surface area is 115 Å². The lowest BCUT2D eigenvalue weighted by molar-refractivity contribution is -0.118. The first-order valence-corrected chi connectivity index (χ1v) is 6.77. The number of rotatable bonds is 5. The standard InChI is InChI=1S/C18H20O/c1-14-6-5-8-16(12-14)10-11-18(19)13-17-9-4-3-7-15(17)2/h3-9,12H,10-11,13H2,1-2H3. The number of aryl methyl sites for hydroxylation is 3. The van der Waals surface area contributed by atoms with Gasteiger partial charge in [-0.25, -0.2) is 0 Å². The van der Waals surface area contributed by atoms with Crippen molar-refractivity contribution in [3.05, 3.63) is 70.8 Å². The first kappa shape index (κ1) is 13.5. The molecule has 0 amide bonds. The van der Waals surface area contributed by atoms with Gasteiger partial charge in [-0.05, 0) is 37.0 Å². The average Bonchev–Trinajstić information content (AvgIpc) is 2.39. The normalized spacial score (nSPS) is 10.4. The maximum atomic E-state index is 12.0. The summed E-state index contributed by atoms with van der Waals surface area (Å²) in [5.74, 6) is 0.316. The zero-order chi connectivity index (χ0) is 13.7. The summed E-state index contributed by atoms with van der Waals surface area (Å²) < 4.78 is 0. The van der Waals surface area contributed by atoms with Crippen molar-refractivity contribution in [2.45, 2.75) is 33.1 Å². The lowest BCUT2D eigenvalue weighted by atomic mass is 9.99. The molecule has 1 heteroatoms. The highest BCUT2D eigenvalue weighted by atomic mass is 16.1. The van der Waals surface area contributed by atoms with Gasteiger partial charge in [0.15, 0.2) is 0 Å². The molecular weight excluding hydrogens is 232 g/mol. The quantitative estimate of drug-likeness (QED) is 0.784. The minimum Gasteiger partial charge on any atom is -0.299 e. The number of carbonyl (C=O) groups is 1. The number of ketones is 1. The van der Waals surface area contributed by atoms with Crippen LogP contribution in [0.5, 0.6) is 0 Å². The van der Waals surface area contributed by atoms with Crippen molar-refractivity contribution in [3.8, 4) is 0 Å². The van der Waals surface area contributed by atoms with Gasteiger partial charge in [-0.2, -0.15) is 0 Å². The van der Waals surface area contributed by atoms with Gasteiger partial charge in [-0.1, -0.05) is 54.1 Å². The summed E-state index contributed by atoms with van der Waals surface area (Å²) in [6.45, 7) is 4.14. The lowest BCUT2D eigenvalue weighted by Gasteiger charge is -2.05. The zero-order valence-corrected chi connectivity index (χ0v) is 11.6. The van der Waals surface area contributed by atoms with Gasteiger partial charge in [0.05, 0.1) is 0 Å². The maximum Gasteiger partial charge on any atom is 0.137 e. The van der Waals surface area contributed by atoms with E-state index in [2.05, 4.69) is 44.2 Å². The fraction of sp³-hybridized carbons (Fsp3) is 0.278. The van der Waals surface area contributed by atoms with Crippen LogP contribution < -0.4 is 0 Å². The van der Waals surface area contributed by atoms with Crippen LogP contribution in [0.3, 0.4) is 0 Å². The van der Waals surface area contributed by atoms with E-state index in [-0.39, 0.29) is 0 Å². The van der Waals surface area contributed by atoms with Crippen molar-refractivity contribution >= 4 is 5.78 Å². The first-order chi connectivity index (χ1) is 9.15. The molecule has 2 rings (SSSR count). The van der Waals surface area contributed by atoms with Gasteiger partial charge in [0.1, 0.15) is 5.78 Å². The van der Waals surface area contributed by atoms with Crippen molar-refractivity contribution in [2.24, 2.45) is 0 Å². The molecule has 2 aromatic rings. The van der Waals surface area contributed by atoms with Crippen LogP contribution in [0.25, 0.3) is 0 Å². The predicted molar refractivity (Wildman–Crippen MR) is 79.4 cm³/mol. The highest BCUT2D eigenvalue weighted by Crippen LogP contribution is 2.11. The molecule has 0 unspecified atom stereocenters. The van der Waals surface area contributed by atoms with Crippen LogP contribution in [0.15, 0.2) is 48.5 Å². The molecule has 0 radical (unpaired) electrons. The van der Waals surface area contributed by atoms with E-state index in [1.165, 1.54) is 16.7 Å². The summed E-state index contributed by atoms with van der Waals surface area (Å²) in [7, 11) is 0. The summed E-state index contributed by atoms with van der Waals surface area (Å²) in [6, 6.07) is 16.5. The van der Waals surface area contributed by atoms with E-state index >= 15 is 0 Å². The van der Waals surface area contributed by atoms with Crippen molar-refractivity contribution < 1.29 is 4.79 Å². The van der Waals surface area contributed by atoms with Crippen molar-refractivity contribution in [3.63, 3.8) is 0 Å². The second kappa shape index (κ2) is 6.33. The minimum absolute atomic E-state index is 0.316. The monoisotopic (exact) mass is 252 g/mol. The van der Waals surface area contributed by atoms with Crippen LogP contribution in [-0.4, -0.2) is 5.78 Å². The summed E-state index contributed by atoms with van der Waals surface area (Å²) in [4.78, 5) is 12.0. The Morgan fingerprint density at radius 3 is 2.53 bits per heavy atom. The second-order valence-corrected chi connectivity index (χ2v) is 5.13. The summed E-state index contributed by atoms with van der Waals surface area (Å²) in [5, 5.41) is 0. The fourth-order valence-electron chi connectivity index (χ4n) is 2.26. The molecule has 0 saturated heterocycles. The molecule has 0 aliphatic heterocycles. The molecule has 19 heavy (non-hydrogen) atoms. The molecule has 98 valence electrons. The molecule has 0 saturated carbocycles. The fourth-order valence-corrected chi connectivity index (χ4v) is 2.26. The predicted octanol–water partition coefficient (Wildman–Crippen LogP) is 4.05. The van der Waals surface area contributed by atoms with Crippen LogP contribution in [0.1, 0.15) is 28.7 Å². The van der Waals surface area contributed by atoms with Crippen LogP contribution in [-0.2, 0) is 17.6 Å². The van der Waals surface area contributed by atoms with E-state index < -0.39 is 0 Å². The summed E-state index contributed by atoms with van der Waals surface area (Å²) in [6.07, 6.45) is 2.02. The Morgan fingerprint density at radius 2 is 1.79 bits per heavy atom. The van der Waals surface area contributed by atoms with Gasteiger partial charge < -0.3 is 0 Å². The largest absolute Gasteiger partial charge is 0.299 e. The number of hydrogen-bond acceptors (Lipinski definition) is 1. The van der Waals surface area contributed by atoms with E-state index in [1.807, 2.05) is 18.2 Å². The van der Waals surface area contributed by atoms with E-state index in [9.17, 15) is 4.79 Å². The van der Waals surface area contributed by atoms with E-state index in [4.69, 9.17) is 0 Å². The lowest BCUT2D eigenvalue weighted by Crippen LogP contribution is -2.05. The Balaban J connectivity index is 1.90. The Kier molecular flexibility index (Phi) is 4.51. The maximum absolute atomic E-state index is 12.0. The third kappa shape index (κ3) is 4.06.